The smallest absolute Gasteiger partial charge is 0.340 e. The van der Waals surface area contributed by atoms with Crippen molar-refractivity contribution in [3.05, 3.63) is 35.3 Å². The first-order chi connectivity index (χ1) is 9.90. The second-order valence-corrected chi connectivity index (χ2v) is 6.01. The third-order valence-corrected chi connectivity index (χ3v) is 4.03. The van der Waals surface area contributed by atoms with Gasteiger partial charge in [0.05, 0.1) is 11.4 Å². The number of aromatic carboxylic acids is 1. The quantitative estimate of drug-likeness (QED) is 0.675. The van der Waals surface area contributed by atoms with E-state index in [-0.39, 0.29) is 11.5 Å². The van der Waals surface area contributed by atoms with Crippen LogP contribution < -0.4 is 0 Å². The third-order valence-electron chi connectivity index (χ3n) is 3.06. The molecule has 0 saturated heterocycles. The van der Waals surface area contributed by atoms with Crippen molar-refractivity contribution in [2.24, 2.45) is 7.05 Å². The van der Waals surface area contributed by atoms with Crippen molar-refractivity contribution >= 4 is 17.7 Å². The lowest BCUT2D eigenvalue weighted by atomic mass is 10.2. The van der Waals surface area contributed by atoms with Crippen molar-refractivity contribution in [2.45, 2.75) is 37.5 Å². The standard InChI is InChI=1S/C14H18N4O2S/c1-8(2)12-16-9(3)11(14(19)20)13(17-12)21-7-10-15-5-6-18(10)4/h5-6,8H,7H2,1-4H3,(H,19,20). The number of carboxylic acids is 1. The molecule has 112 valence electrons. The van der Waals surface area contributed by atoms with Gasteiger partial charge in [-0.1, -0.05) is 25.6 Å². The summed E-state index contributed by atoms with van der Waals surface area (Å²) >= 11 is 1.38. The van der Waals surface area contributed by atoms with Crippen LogP contribution in [0.2, 0.25) is 0 Å². The molecule has 0 unspecified atom stereocenters. The second kappa shape index (κ2) is 6.26. The number of nitrogens with zero attached hydrogens (tertiary/aromatic N) is 4. The number of carbonyl (C=O) groups is 1. The van der Waals surface area contributed by atoms with Crippen molar-refractivity contribution in [3.63, 3.8) is 0 Å². The van der Waals surface area contributed by atoms with E-state index in [9.17, 15) is 9.90 Å². The summed E-state index contributed by atoms with van der Waals surface area (Å²) in [5.74, 6) is 1.26. The van der Waals surface area contributed by atoms with Crippen LogP contribution in [0.15, 0.2) is 17.4 Å². The second-order valence-electron chi connectivity index (χ2n) is 5.05. The number of hydrogen-bond donors (Lipinski definition) is 1. The zero-order chi connectivity index (χ0) is 15.6. The molecule has 0 saturated carbocycles. The molecular weight excluding hydrogens is 288 g/mol. The molecule has 2 rings (SSSR count). The van der Waals surface area contributed by atoms with Gasteiger partial charge < -0.3 is 9.67 Å². The number of thioether (sulfide) groups is 1. The van der Waals surface area contributed by atoms with E-state index in [1.54, 1.807) is 13.1 Å². The Hall–Kier alpha value is -1.89. The molecule has 0 bridgehead atoms. The highest BCUT2D eigenvalue weighted by atomic mass is 32.2. The molecule has 0 aliphatic carbocycles. The molecule has 0 aliphatic heterocycles. The lowest BCUT2D eigenvalue weighted by Gasteiger charge is -2.11. The van der Waals surface area contributed by atoms with E-state index in [1.165, 1.54) is 11.8 Å². The first-order valence-corrected chi connectivity index (χ1v) is 7.59. The highest BCUT2D eigenvalue weighted by molar-refractivity contribution is 7.98. The molecule has 0 spiro atoms. The maximum atomic E-state index is 11.4. The Labute approximate surface area is 127 Å². The SMILES string of the molecule is Cc1nc(C(C)C)nc(SCc2nccn2C)c1C(=O)O. The molecule has 0 aliphatic rings. The lowest BCUT2D eigenvalue weighted by molar-refractivity contribution is 0.0690. The highest BCUT2D eigenvalue weighted by Gasteiger charge is 2.19. The molecular formula is C14H18N4O2S. The van der Waals surface area contributed by atoms with E-state index < -0.39 is 5.97 Å². The van der Waals surface area contributed by atoms with Crippen LogP contribution in [-0.2, 0) is 12.8 Å². The predicted molar refractivity (Wildman–Crippen MR) is 80.6 cm³/mol. The van der Waals surface area contributed by atoms with Crippen molar-refractivity contribution in [1.29, 1.82) is 0 Å². The summed E-state index contributed by atoms with van der Waals surface area (Å²) in [5.41, 5.74) is 0.683. The Kier molecular flexibility index (Phi) is 4.62. The van der Waals surface area contributed by atoms with Crippen molar-refractivity contribution in [2.75, 3.05) is 0 Å². The summed E-state index contributed by atoms with van der Waals surface area (Å²) in [7, 11) is 1.91. The first kappa shape index (κ1) is 15.5. The van der Waals surface area contributed by atoms with Gasteiger partial charge in [-0.15, -0.1) is 0 Å². The van der Waals surface area contributed by atoms with E-state index in [0.29, 0.717) is 22.3 Å². The van der Waals surface area contributed by atoms with Crippen molar-refractivity contribution in [1.82, 2.24) is 19.5 Å². The number of imidazole rings is 1. The van der Waals surface area contributed by atoms with E-state index in [4.69, 9.17) is 0 Å². The Morgan fingerprint density at radius 3 is 2.67 bits per heavy atom. The maximum absolute atomic E-state index is 11.4. The van der Waals surface area contributed by atoms with Gasteiger partial charge in [0.25, 0.3) is 0 Å². The van der Waals surface area contributed by atoms with E-state index in [1.807, 2.05) is 31.7 Å². The summed E-state index contributed by atoms with van der Waals surface area (Å²) in [6.07, 6.45) is 3.58. The summed E-state index contributed by atoms with van der Waals surface area (Å²) in [4.78, 5) is 24.4. The molecule has 0 amide bonds. The van der Waals surface area contributed by atoms with Crippen LogP contribution in [0.25, 0.3) is 0 Å². The molecule has 7 heteroatoms. The Morgan fingerprint density at radius 2 is 2.14 bits per heavy atom. The van der Waals surface area contributed by atoms with Gasteiger partial charge in [0.2, 0.25) is 0 Å². The van der Waals surface area contributed by atoms with Crippen LogP contribution in [0.5, 0.6) is 0 Å². The Balaban J connectivity index is 2.35. The van der Waals surface area contributed by atoms with Crippen LogP contribution in [0, 0.1) is 6.92 Å². The minimum absolute atomic E-state index is 0.152. The number of carboxylic acid groups (broad SMARTS) is 1. The van der Waals surface area contributed by atoms with Crippen LogP contribution in [0.3, 0.4) is 0 Å². The molecule has 2 aromatic rings. The van der Waals surface area contributed by atoms with E-state index in [0.717, 1.165) is 5.82 Å². The van der Waals surface area contributed by atoms with Gasteiger partial charge in [0.15, 0.2) is 0 Å². The van der Waals surface area contributed by atoms with Gasteiger partial charge in [-0.25, -0.2) is 19.7 Å². The molecule has 0 radical (unpaired) electrons. The number of aromatic nitrogens is 4. The fraction of sp³-hybridized carbons (Fsp3) is 0.429. The van der Waals surface area contributed by atoms with Gasteiger partial charge in [-0.3, -0.25) is 0 Å². The number of aryl methyl sites for hydroxylation is 2. The maximum Gasteiger partial charge on any atom is 0.340 e. The third kappa shape index (κ3) is 3.41. The molecule has 6 nitrogen and oxygen atoms in total. The molecule has 0 aromatic carbocycles. The Bertz CT molecular complexity index is 667. The fourth-order valence-corrected chi connectivity index (χ4v) is 2.93. The van der Waals surface area contributed by atoms with Crippen LogP contribution in [0.4, 0.5) is 0 Å². The zero-order valence-electron chi connectivity index (χ0n) is 12.5. The normalized spacial score (nSPS) is 11.1. The zero-order valence-corrected chi connectivity index (χ0v) is 13.3. The highest BCUT2D eigenvalue weighted by Crippen LogP contribution is 2.27. The lowest BCUT2D eigenvalue weighted by Crippen LogP contribution is -2.10. The van der Waals surface area contributed by atoms with Gasteiger partial charge in [0.1, 0.15) is 22.2 Å². The Morgan fingerprint density at radius 1 is 1.43 bits per heavy atom. The number of rotatable bonds is 5. The largest absolute Gasteiger partial charge is 0.478 e. The molecule has 0 atom stereocenters. The first-order valence-electron chi connectivity index (χ1n) is 6.61. The summed E-state index contributed by atoms with van der Waals surface area (Å²) in [6.45, 7) is 5.69. The summed E-state index contributed by atoms with van der Waals surface area (Å²) < 4.78 is 1.91. The average Bonchev–Trinajstić information content (AvgIpc) is 2.80. The van der Waals surface area contributed by atoms with Gasteiger partial charge in [0, 0.05) is 25.4 Å². The van der Waals surface area contributed by atoms with Crippen molar-refractivity contribution in [3.8, 4) is 0 Å². The van der Waals surface area contributed by atoms with E-state index >= 15 is 0 Å². The minimum atomic E-state index is -0.995. The monoisotopic (exact) mass is 306 g/mol. The van der Waals surface area contributed by atoms with Gasteiger partial charge in [-0.05, 0) is 6.92 Å². The van der Waals surface area contributed by atoms with Crippen molar-refractivity contribution < 1.29 is 9.90 Å². The molecule has 1 N–H and O–H groups in total. The topological polar surface area (TPSA) is 80.9 Å². The number of hydrogen-bond acceptors (Lipinski definition) is 5. The summed E-state index contributed by atoms with van der Waals surface area (Å²) in [6, 6.07) is 0. The predicted octanol–water partition coefficient (Wildman–Crippen LogP) is 2.63. The van der Waals surface area contributed by atoms with Crippen LogP contribution in [-0.4, -0.2) is 30.6 Å². The van der Waals surface area contributed by atoms with E-state index in [2.05, 4.69) is 15.0 Å². The van der Waals surface area contributed by atoms with Gasteiger partial charge in [-0.2, -0.15) is 0 Å². The average molecular weight is 306 g/mol. The molecule has 0 fully saturated rings. The van der Waals surface area contributed by atoms with Gasteiger partial charge >= 0.3 is 5.97 Å². The van der Waals surface area contributed by atoms with Crippen LogP contribution in [0.1, 0.15) is 47.5 Å². The summed E-state index contributed by atoms with van der Waals surface area (Å²) in [5, 5.41) is 9.88. The molecule has 21 heavy (non-hydrogen) atoms. The van der Waals surface area contributed by atoms with Crippen LogP contribution >= 0.6 is 11.8 Å². The molecule has 2 aromatic heterocycles. The minimum Gasteiger partial charge on any atom is -0.478 e. The molecule has 2 heterocycles. The fourth-order valence-electron chi connectivity index (χ4n) is 1.84.